The summed E-state index contributed by atoms with van der Waals surface area (Å²) >= 11 is 0. The minimum atomic E-state index is -0.170. The van der Waals surface area contributed by atoms with E-state index in [1.165, 1.54) is 142 Å². The minimum Gasteiger partial charge on any atom is -0.310 e. The average Bonchev–Trinajstić information content (AvgIpc) is 4.00. The van der Waals surface area contributed by atoms with Crippen molar-refractivity contribution in [2.45, 2.75) is 88.9 Å². The lowest BCUT2D eigenvalue weighted by atomic mass is 9.80. The van der Waals surface area contributed by atoms with Crippen molar-refractivity contribution in [1.29, 1.82) is 0 Å². The second-order valence-electron chi connectivity index (χ2n) is 18.7. The van der Waals surface area contributed by atoms with Crippen LogP contribution in [0.4, 0.5) is 17.1 Å². The van der Waals surface area contributed by atoms with Crippen molar-refractivity contribution in [3.63, 3.8) is 0 Å². The molecule has 0 spiro atoms. The Bertz CT molecular complexity index is 2640. The van der Waals surface area contributed by atoms with Crippen LogP contribution >= 0.6 is 0 Å². The lowest BCUT2D eigenvalue weighted by Gasteiger charge is -2.29. The summed E-state index contributed by atoms with van der Waals surface area (Å²) < 4.78 is 0. The SMILES string of the molecule is CC1(C)c2cc(-c3ccccc3-c3ccccc3)ccc2-c2ccc(N(c3ccc(C4CC5CCC4C5)cc3)c3cccc(-c4ccccc4C4CCCCC4)c3)cc21. The molecule has 0 radical (unpaired) electrons. The van der Waals surface area contributed by atoms with Crippen molar-refractivity contribution in [3.8, 4) is 44.5 Å². The molecule has 0 amide bonds. The van der Waals surface area contributed by atoms with Crippen LogP contribution in [0.2, 0.25) is 0 Å². The molecule has 1 heteroatoms. The van der Waals surface area contributed by atoms with Gasteiger partial charge in [-0.3, -0.25) is 0 Å². The number of rotatable bonds is 8. The Morgan fingerprint density at radius 3 is 1.81 bits per heavy atom. The number of hydrogen-bond acceptors (Lipinski definition) is 1. The summed E-state index contributed by atoms with van der Waals surface area (Å²) in [6.07, 6.45) is 12.3. The second-order valence-corrected chi connectivity index (χ2v) is 18.7. The zero-order valence-corrected chi connectivity index (χ0v) is 34.7. The highest BCUT2D eigenvalue weighted by Gasteiger charge is 2.40. The number of nitrogens with zero attached hydrogens (tertiary/aromatic N) is 1. The fourth-order valence-corrected chi connectivity index (χ4v) is 11.9. The van der Waals surface area contributed by atoms with E-state index in [9.17, 15) is 0 Å². The monoisotopic (exact) mass is 765 g/mol. The highest BCUT2D eigenvalue weighted by atomic mass is 15.1. The molecule has 3 saturated carbocycles. The van der Waals surface area contributed by atoms with E-state index in [0.29, 0.717) is 5.92 Å². The van der Waals surface area contributed by atoms with Crippen LogP contribution < -0.4 is 4.90 Å². The van der Waals surface area contributed by atoms with Crippen LogP contribution in [0.1, 0.15) is 106 Å². The molecule has 11 rings (SSSR count). The molecule has 2 bridgehead atoms. The lowest BCUT2D eigenvalue weighted by molar-refractivity contribution is 0.420. The average molecular weight is 766 g/mol. The molecule has 3 unspecified atom stereocenters. The summed E-state index contributed by atoms with van der Waals surface area (Å²) in [5.41, 5.74) is 19.8. The van der Waals surface area contributed by atoms with E-state index in [1.54, 1.807) is 0 Å². The van der Waals surface area contributed by atoms with Crippen molar-refractivity contribution in [3.05, 3.63) is 186 Å². The third-order valence-electron chi connectivity index (χ3n) is 15.0. The van der Waals surface area contributed by atoms with Crippen LogP contribution in [-0.2, 0) is 5.41 Å². The third-order valence-corrected chi connectivity index (χ3v) is 15.0. The van der Waals surface area contributed by atoms with Gasteiger partial charge < -0.3 is 4.90 Å². The Labute approximate surface area is 351 Å². The fraction of sp³-hybridized carbons (Fsp3) is 0.276. The lowest BCUT2D eigenvalue weighted by Crippen LogP contribution is -2.17. The van der Waals surface area contributed by atoms with Gasteiger partial charge >= 0.3 is 0 Å². The smallest absolute Gasteiger partial charge is 0.0467 e. The van der Waals surface area contributed by atoms with Crippen LogP contribution in [0.5, 0.6) is 0 Å². The van der Waals surface area contributed by atoms with E-state index in [2.05, 4.69) is 183 Å². The van der Waals surface area contributed by atoms with Crippen molar-refractivity contribution in [2.24, 2.45) is 11.8 Å². The number of benzene rings is 7. The molecule has 0 aliphatic heterocycles. The maximum atomic E-state index is 2.53. The van der Waals surface area contributed by atoms with Gasteiger partial charge in [0.15, 0.2) is 0 Å². The van der Waals surface area contributed by atoms with Crippen molar-refractivity contribution >= 4 is 17.1 Å². The first-order valence-corrected chi connectivity index (χ1v) is 22.5. The Balaban J connectivity index is 0.996. The molecular weight excluding hydrogens is 711 g/mol. The number of anilines is 3. The van der Waals surface area contributed by atoms with Gasteiger partial charge in [-0.25, -0.2) is 0 Å². The van der Waals surface area contributed by atoms with E-state index in [1.807, 2.05) is 0 Å². The summed E-state index contributed by atoms with van der Waals surface area (Å²) in [6.45, 7) is 4.84. The standard InChI is InChI=1S/C58H55N/c1-58(2)56-37-45(52-23-12-10-21-50(52)41-16-7-4-8-17-41)28-32-53(56)54-33-31-48(38-57(54)58)59(46-29-26-42(27-30-46)55-35-39-24-25-44(55)34-39)47-19-13-18-43(36-47)51-22-11-9-20-49(51)40-14-5-3-6-15-40/h4,7-13,16-23,26-33,36-40,44,55H,3,5-6,14-15,24-25,34-35H2,1-2H3. The molecule has 3 atom stereocenters. The van der Waals surface area contributed by atoms with Gasteiger partial charge in [-0.1, -0.05) is 161 Å². The van der Waals surface area contributed by atoms with Gasteiger partial charge in [-0.15, -0.1) is 0 Å². The van der Waals surface area contributed by atoms with E-state index in [-0.39, 0.29) is 5.41 Å². The molecule has 0 N–H and O–H groups in total. The van der Waals surface area contributed by atoms with E-state index < -0.39 is 0 Å². The zero-order chi connectivity index (χ0) is 39.5. The topological polar surface area (TPSA) is 3.24 Å². The van der Waals surface area contributed by atoms with Gasteiger partial charge in [0.2, 0.25) is 0 Å². The second kappa shape index (κ2) is 14.9. The van der Waals surface area contributed by atoms with E-state index in [4.69, 9.17) is 0 Å². The maximum absolute atomic E-state index is 2.53. The predicted molar refractivity (Wildman–Crippen MR) is 249 cm³/mol. The molecule has 0 aromatic heterocycles. The summed E-state index contributed by atoms with van der Waals surface area (Å²) in [7, 11) is 0. The summed E-state index contributed by atoms with van der Waals surface area (Å²) in [5.74, 6) is 3.18. The van der Waals surface area contributed by atoms with Crippen LogP contribution in [-0.4, -0.2) is 0 Å². The Hall–Kier alpha value is -5.66. The van der Waals surface area contributed by atoms with Gasteiger partial charge in [0.25, 0.3) is 0 Å². The van der Waals surface area contributed by atoms with Gasteiger partial charge in [0.05, 0.1) is 0 Å². The van der Waals surface area contributed by atoms with Gasteiger partial charge in [-0.2, -0.15) is 0 Å². The first-order valence-electron chi connectivity index (χ1n) is 22.5. The Morgan fingerprint density at radius 2 is 1.07 bits per heavy atom. The Morgan fingerprint density at radius 1 is 0.441 bits per heavy atom. The highest BCUT2D eigenvalue weighted by Crippen LogP contribution is 2.54. The quantitative estimate of drug-likeness (QED) is 0.149. The van der Waals surface area contributed by atoms with Crippen LogP contribution in [0.15, 0.2) is 164 Å². The van der Waals surface area contributed by atoms with E-state index in [0.717, 1.165) is 17.8 Å². The normalized spacial score (nSPS) is 20.3. The van der Waals surface area contributed by atoms with Crippen molar-refractivity contribution in [1.82, 2.24) is 0 Å². The molecule has 4 aliphatic carbocycles. The maximum Gasteiger partial charge on any atom is 0.0467 e. The van der Waals surface area contributed by atoms with Crippen LogP contribution in [0.3, 0.4) is 0 Å². The highest BCUT2D eigenvalue weighted by molar-refractivity contribution is 5.90. The predicted octanol–water partition coefficient (Wildman–Crippen LogP) is 16.4. The van der Waals surface area contributed by atoms with Gasteiger partial charge in [-0.05, 0) is 165 Å². The zero-order valence-electron chi connectivity index (χ0n) is 34.7. The molecule has 0 saturated heterocycles. The Kier molecular flexibility index (Phi) is 9.18. The minimum absolute atomic E-state index is 0.170. The van der Waals surface area contributed by atoms with E-state index >= 15 is 0 Å². The van der Waals surface area contributed by atoms with Crippen LogP contribution in [0, 0.1) is 11.8 Å². The van der Waals surface area contributed by atoms with Gasteiger partial charge in [0.1, 0.15) is 0 Å². The third kappa shape index (κ3) is 6.46. The van der Waals surface area contributed by atoms with Crippen molar-refractivity contribution < 1.29 is 0 Å². The molecular formula is C58H55N. The molecule has 292 valence electrons. The summed E-state index contributed by atoms with van der Waals surface area (Å²) in [4.78, 5) is 2.53. The van der Waals surface area contributed by atoms with Gasteiger partial charge in [0, 0.05) is 22.5 Å². The van der Waals surface area contributed by atoms with Crippen LogP contribution in [0.25, 0.3) is 44.5 Å². The fourth-order valence-electron chi connectivity index (χ4n) is 11.9. The molecule has 4 aliphatic rings. The van der Waals surface area contributed by atoms with Crippen molar-refractivity contribution in [2.75, 3.05) is 4.90 Å². The number of hydrogen-bond donors (Lipinski definition) is 0. The summed E-state index contributed by atoms with van der Waals surface area (Å²) in [5, 5.41) is 0. The molecule has 7 aromatic rings. The molecule has 59 heavy (non-hydrogen) atoms. The molecule has 1 nitrogen and oxygen atoms in total. The first kappa shape index (κ1) is 36.4. The molecule has 3 fully saturated rings. The molecule has 0 heterocycles. The summed E-state index contributed by atoms with van der Waals surface area (Å²) in [6, 6.07) is 62.5. The molecule has 7 aromatic carbocycles. The number of fused-ring (bicyclic) bond motifs is 5. The largest absolute Gasteiger partial charge is 0.310 e. The first-order chi connectivity index (χ1) is 29.0.